The Kier molecular flexibility index (Phi) is 5.05. The van der Waals surface area contributed by atoms with E-state index >= 15 is 0 Å². The maximum atomic E-state index is 14.5. The van der Waals surface area contributed by atoms with Gasteiger partial charge < -0.3 is 9.31 Å². The highest BCUT2D eigenvalue weighted by atomic mass is 32.2. The molecule has 0 amide bonds. The van der Waals surface area contributed by atoms with E-state index in [2.05, 4.69) is 9.71 Å². The normalized spacial score (nSPS) is 18.5. The smallest absolute Gasteiger partial charge is 0.399 e. The topological polar surface area (TPSA) is 77.5 Å². The molecular formula is C18H22BFN2O4S. The van der Waals surface area contributed by atoms with Crippen LogP contribution in [0.25, 0.3) is 0 Å². The second-order valence-corrected chi connectivity index (χ2v) is 9.26. The van der Waals surface area contributed by atoms with Crippen molar-refractivity contribution < 1.29 is 22.1 Å². The van der Waals surface area contributed by atoms with E-state index in [0.717, 1.165) is 0 Å². The van der Waals surface area contributed by atoms with Crippen molar-refractivity contribution in [3.63, 3.8) is 0 Å². The number of rotatable bonds is 5. The molecule has 1 N–H and O–H groups in total. The second-order valence-electron chi connectivity index (χ2n) is 7.53. The fourth-order valence-corrected chi connectivity index (χ4v) is 3.76. The van der Waals surface area contributed by atoms with Gasteiger partial charge in [-0.3, -0.25) is 4.72 Å². The molecule has 3 rings (SSSR count). The first kappa shape index (κ1) is 19.8. The number of nitrogens with one attached hydrogen (secondary N) is 1. The molecule has 1 aliphatic rings. The second kappa shape index (κ2) is 6.89. The summed E-state index contributed by atoms with van der Waals surface area (Å²) in [7, 11) is -4.57. The van der Waals surface area contributed by atoms with Crippen LogP contribution in [0.3, 0.4) is 0 Å². The Labute approximate surface area is 159 Å². The van der Waals surface area contributed by atoms with Gasteiger partial charge in [-0.15, -0.1) is 0 Å². The van der Waals surface area contributed by atoms with Gasteiger partial charge in [-0.05, 0) is 39.3 Å². The molecule has 0 saturated carbocycles. The Bertz CT molecular complexity index is 920. The Balaban J connectivity index is 1.76. The minimum absolute atomic E-state index is 0.270. The minimum Gasteiger partial charge on any atom is -0.399 e. The summed E-state index contributed by atoms with van der Waals surface area (Å²) in [5.74, 6) is -1.42. The fraction of sp³-hybridized carbons (Fsp3) is 0.389. The van der Waals surface area contributed by atoms with E-state index in [4.69, 9.17) is 9.31 Å². The standard InChI is InChI=1S/C18H22BFN2O4S/c1-17(2)18(3,4)26-19(25-17)14-10-15(20)16(21-11-14)22-27(23,24)12-13-8-6-5-7-9-13/h5-11H,12H2,1-4H3,(H,21,22). The zero-order chi connectivity index (χ0) is 19.9. The Hall–Kier alpha value is -1.97. The van der Waals surface area contributed by atoms with Crippen molar-refractivity contribution in [2.75, 3.05) is 4.72 Å². The minimum atomic E-state index is -3.79. The third kappa shape index (κ3) is 4.31. The average molecular weight is 392 g/mol. The molecule has 0 bridgehead atoms. The zero-order valence-corrected chi connectivity index (χ0v) is 16.5. The van der Waals surface area contributed by atoms with Crippen LogP contribution in [-0.2, 0) is 25.1 Å². The van der Waals surface area contributed by atoms with E-state index in [0.29, 0.717) is 11.0 Å². The van der Waals surface area contributed by atoms with Crippen LogP contribution >= 0.6 is 0 Å². The van der Waals surface area contributed by atoms with Gasteiger partial charge in [-0.1, -0.05) is 30.3 Å². The van der Waals surface area contributed by atoms with Crippen molar-refractivity contribution in [1.29, 1.82) is 0 Å². The molecule has 0 spiro atoms. The number of aromatic nitrogens is 1. The van der Waals surface area contributed by atoms with Gasteiger partial charge in [-0.25, -0.2) is 17.8 Å². The SMILES string of the molecule is CC1(C)OB(c2cnc(NS(=O)(=O)Cc3ccccc3)c(F)c2)OC1(C)C. The molecule has 1 fully saturated rings. The number of halogens is 1. The first-order valence-electron chi connectivity index (χ1n) is 8.55. The molecule has 1 aromatic carbocycles. The van der Waals surface area contributed by atoms with Gasteiger partial charge >= 0.3 is 7.12 Å². The van der Waals surface area contributed by atoms with Crippen LogP contribution in [0.4, 0.5) is 10.2 Å². The van der Waals surface area contributed by atoms with Gasteiger partial charge in [0, 0.05) is 11.7 Å². The number of hydrogen-bond acceptors (Lipinski definition) is 5. The van der Waals surface area contributed by atoms with E-state index < -0.39 is 34.2 Å². The van der Waals surface area contributed by atoms with Crippen LogP contribution in [0.1, 0.15) is 33.3 Å². The Morgan fingerprint density at radius 3 is 2.26 bits per heavy atom. The molecule has 27 heavy (non-hydrogen) atoms. The molecule has 6 nitrogen and oxygen atoms in total. The van der Waals surface area contributed by atoms with Gasteiger partial charge in [0.1, 0.15) is 0 Å². The van der Waals surface area contributed by atoms with Gasteiger partial charge in [-0.2, -0.15) is 0 Å². The lowest BCUT2D eigenvalue weighted by Gasteiger charge is -2.32. The summed E-state index contributed by atoms with van der Waals surface area (Å²) in [6.45, 7) is 7.57. The summed E-state index contributed by atoms with van der Waals surface area (Å²) in [4.78, 5) is 3.92. The van der Waals surface area contributed by atoms with Crippen LogP contribution in [0.15, 0.2) is 42.6 Å². The molecule has 144 valence electrons. The van der Waals surface area contributed by atoms with Crippen molar-refractivity contribution in [2.24, 2.45) is 0 Å². The maximum absolute atomic E-state index is 14.5. The summed E-state index contributed by atoms with van der Waals surface area (Å²) < 4.78 is 52.9. The quantitative estimate of drug-likeness (QED) is 0.792. The fourth-order valence-electron chi connectivity index (χ4n) is 2.61. The highest BCUT2D eigenvalue weighted by Gasteiger charge is 2.52. The number of anilines is 1. The van der Waals surface area contributed by atoms with Gasteiger partial charge in [0.25, 0.3) is 0 Å². The highest BCUT2D eigenvalue weighted by molar-refractivity contribution is 7.91. The maximum Gasteiger partial charge on any atom is 0.496 e. The lowest BCUT2D eigenvalue weighted by Crippen LogP contribution is -2.41. The largest absolute Gasteiger partial charge is 0.496 e. The molecule has 0 aliphatic carbocycles. The molecule has 1 aliphatic heterocycles. The molecule has 2 aromatic rings. The van der Waals surface area contributed by atoms with Crippen molar-refractivity contribution in [3.8, 4) is 0 Å². The molecule has 1 aromatic heterocycles. The summed E-state index contributed by atoms with van der Waals surface area (Å²) >= 11 is 0. The molecular weight excluding hydrogens is 370 g/mol. The number of hydrogen-bond donors (Lipinski definition) is 1. The van der Waals surface area contributed by atoms with Crippen LogP contribution < -0.4 is 10.2 Å². The van der Waals surface area contributed by atoms with Gasteiger partial charge in [0.15, 0.2) is 11.6 Å². The highest BCUT2D eigenvalue weighted by Crippen LogP contribution is 2.36. The average Bonchev–Trinajstić information content (AvgIpc) is 2.77. The summed E-state index contributed by atoms with van der Waals surface area (Å²) in [6.07, 6.45) is 1.35. The Morgan fingerprint density at radius 2 is 1.70 bits per heavy atom. The lowest BCUT2D eigenvalue weighted by molar-refractivity contribution is 0.00578. The zero-order valence-electron chi connectivity index (χ0n) is 15.7. The molecule has 9 heteroatoms. The van der Waals surface area contributed by atoms with E-state index in [-0.39, 0.29) is 11.6 Å². The van der Waals surface area contributed by atoms with Crippen molar-refractivity contribution >= 4 is 28.4 Å². The Morgan fingerprint density at radius 1 is 1.11 bits per heavy atom. The van der Waals surface area contributed by atoms with E-state index in [1.165, 1.54) is 12.3 Å². The molecule has 0 unspecified atom stereocenters. The summed E-state index contributed by atoms with van der Waals surface area (Å²) in [6, 6.07) is 9.82. The first-order chi connectivity index (χ1) is 12.5. The van der Waals surface area contributed by atoms with Crippen molar-refractivity contribution in [2.45, 2.75) is 44.6 Å². The molecule has 0 radical (unpaired) electrons. The number of pyridine rings is 1. The van der Waals surface area contributed by atoms with E-state index in [1.54, 1.807) is 30.3 Å². The van der Waals surface area contributed by atoms with Crippen molar-refractivity contribution in [1.82, 2.24) is 4.98 Å². The van der Waals surface area contributed by atoms with Crippen LogP contribution in [0, 0.1) is 5.82 Å². The first-order valence-corrected chi connectivity index (χ1v) is 10.2. The monoisotopic (exact) mass is 392 g/mol. The third-order valence-corrected chi connectivity index (χ3v) is 6.06. The number of nitrogens with zero attached hydrogens (tertiary/aromatic N) is 1. The molecule has 1 saturated heterocycles. The third-order valence-electron chi connectivity index (χ3n) is 4.84. The number of benzene rings is 1. The summed E-state index contributed by atoms with van der Waals surface area (Å²) in [5.41, 5.74) is -0.148. The number of sulfonamides is 1. The molecule has 2 heterocycles. The summed E-state index contributed by atoms with van der Waals surface area (Å²) in [5, 5.41) is 0. The van der Waals surface area contributed by atoms with Gasteiger partial charge in [0.05, 0.1) is 17.0 Å². The van der Waals surface area contributed by atoms with E-state index in [9.17, 15) is 12.8 Å². The van der Waals surface area contributed by atoms with Gasteiger partial charge in [0.2, 0.25) is 10.0 Å². The van der Waals surface area contributed by atoms with Crippen molar-refractivity contribution in [3.05, 3.63) is 54.0 Å². The van der Waals surface area contributed by atoms with E-state index in [1.807, 2.05) is 27.7 Å². The predicted octanol–water partition coefficient (Wildman–Crippen LogP) is 2.46. The van der Waals surface area contributed by atoms with Crippen LogP contribution in [-0.4, -0.2) is 31.7 Å². The van der Waals surface area contributed by atoms with Crippen LogP contribution in [0.2, 0.25) is 0 Å². The van der Waals surface area contributed by atoms with Crippen LogP contribution in [0.5, 0.6) is 0 Å². The molecule has 0 atom stereocenters. The predicted molar refractivity (Wildman–Crippen MR) is 103 cm³/mol. The lowest BCUT2D eigenvalue weighted by atomic mass is 9.80.